The van der Waals surface area contributed by atoms with Crippen LogP contribution in [0, 0.1) is 0 Å². The molecule has 0 spiro atoms. The van der Waals surface area contributed by atoms with E-state index in [9.17, 15) is 9.59 Å². The Balaban J connectivity index is 1.99. The lowest BCUT2D eigenvalue weighted by atomic mass is 10.3. The fourth-order valence-corrected chi connectivity index (χ4v) is 2.79. The smallest absolute Gasteiger partial charge is 0.250 e. The largest absolute Gasteiger partial charge is 0.325 e. The highest BCUT2D eigenvalue weighted by atomic mass is 79.9. The molecular formula is C15H15BrN2O2S. The molecule has 4 nitrogen and oxygen atoms in total. The minimum absolute atomic E-state index is 0.108. The summed E-state index contributed by atoms with van der Waals surface area (Å²) < 4.78 is 2.33. The number of benzene rings is 1. The number of nitrogens with zero attached hydrogens (tertiary/aromatic N) is 1. The average molecular weight is 367 g/mol. The first-order valence-corrected chi connectivity index (χ1v) is 8.41. The predicted molar refractivity (Wildman–Crippen MR) is 89.9 cm³/mol. The molecule has 0 aliphatic carbocycles. The van der Waals surface area contributed by atoms with Crippen LogP contribution < -0.4 is 10.9 Å². The van der Waals surface area contributed by atoms with E-state index < -0.39 is 0 Å². The van der Waals surface area contributed by atoms with Crippen molar-refractivity contribution in [3.63, 3.8) is 0 Å². The van der Waals surface area contributed by atoms with E-state index in [2.05, 4.69) is 21.2 Å². The van der Waals surface area contributed by atoms with Crippen LogP contribution in [0.1, 0.15) is 6.42 Å². The Kier molecular flexibility index (Phi) is 5.64. The molecule has 6 heteroatoms. The molecule has 0 aliphatic heterocycles. The topological polar surface area (TPSA) is 51.1 Å². The van der Waals surface area contributed by atoms with Crippen LogP contribution in [-0.2, 0) is 11.3 Å². The molecular weight excluding hydrogens is 352 g/mol. The molecule has 0 bridgehead atoms. The number of aromatic nitrogens is 1. The molecule has 0 saturated carbocycles. The van der Waals surface area contributed by atoms with E-state index in [1.54, 1.807) is 24.0 Å². The second kappa shape index (κ2) is 7.47. The van der Waals surface area contributed by atoms with Crippen LogP contribution in [0.2, 0.25) is 0 Å². The number of nitrogens with one attached hydrogen (secondary N) is 1. The third-order valence-electron chi connectivity index (χ3n) is 2.91. The van der Waals surface area contributed by atoms with Gasteiger partial charge in [0, 0.05) is 34.6 Å². The molecule has 0 saturated heterocycles. The molecule has 0 atom stereocenters. The molecule has 110 valence electrons. The number of anilines is 1. The zero-order valence-electron chi connectivity index (χ0n) is 11.5. The van der Waals surface area contributed by atoms with Gasteiger partial charge in [0.15, 0.2) is 0 Å². The summed E-state index contributed by atoms with van der Waals surface area (Å²) in [4.78, 5) is 24.7. The molecule has 1 N–H and O–H groups in total. The summed E-state index contributed by atoms with van der Waals surface area (Å²) in [6.45, 7) is 0.353. The van der Waals surface area contributed by atoms with Gasteiger partial charge in [0.05, 0.1) is 5.69 Å². The highest BCUT2D eigenvalue weighted by molar-refractivity contribution is 9.10. The van der Waals surface area contributed by atoms with Crippen LogP contribution >= 0.6 is 27.7 Å². The van der Waals surface area contributed by atoms with E-state index in [0.717, 1.165) is 15.1 Å². The fourth-order valence-electron chi connectivity index (χ4n) is 1.86. The molecule has 1 aromatic heterocycles. The molecule has 1 amide bonds. The summed E-state index contributed by atoms with van der Waals surface area (Å²) in [7, 11) is 0. The first-order valence-electron chi connectivity index (χ1n) is 6.39. The number of carbonyl (C=O) groups excluding carboxylic acids is 1. The molecule has 21 heavy (non-hydrogen) atoms. The molecule has 0 unspecified atom stereocenters. The van der Waals surface area contributed by atoms with Crippen LogP contribution in [0.25, 0.3) is 0 Å². The number of halogens is 1. The highest BCUT2D eigenvalue weighted by Crippen LogP contribution is 2.24. The van der Waals surface area contributed by atoms with Gasteiger partial charge in [-0.05, 0) is 40.4 Å². The van der Waals surface area contributed by atoms with Crippen molar-refractivity contribution >= 4 is 39.3 Å². The Labute approximate surface area is 135 Å². The van der Waals surface area contributed by atoms with Crippen molar-refractivity contribution in [1.29, 1.82) is 0 Å². The van der Waals surface area contributed by atoms with Gasteiger partial charge < -0.3 is 9.88 Å². The van der Waals surface area contributed by atoms with Gasteiger partial charge in [0.25, 0.3) is 5.56 Å². The summed E-state index contributed by atoms with van der Waals surface area (Å²) in [5.41, 5.74) is 0.687. The van der Waals surface area contributed by atoms with Crippen molar-refractivity contribution in [3.05, 3.63) is 57.4 Å². The maximum absolute atomic E-state index is 12.0. The van der Waals surface area contributed by atoms with Gasteiger partial charge in [-0.3, -0.25) is 9.59 Å². The number of aryl methyl sites for hydroxylation is 1. The summed E-state index contributed by atoms with van der Waals surface area (Å²) in [6.07, 6.45) is 3.90. The maximum atomic E-state index is 12.0. The van der Waals surface area contributed by atoms with Gasteiger partial charge in [0.1, 0.15) is 0 Å². The zero-order chi connectivity index (χ0) is 15.2. The lowest BCUT2D eigenvalue weighted by molar-refractivity contribution is -0.116. The van der Waals surface area contributed by atoms with Crippen molar-refractivity contribution in [2.45, 2.75) is 17.9 Å². The van der Waals surface area contributed by atoms with Gasteiger partial charge >= 0.3 is 0 Å². The third-order valence-corrected chi connectivity index (χ3v) is 4.17. The quantitative estimate of drug-likeness (QED) is 0.825. The van der Waals surface area contributed by atoms with Crippen LogP contribution in [-0.4, -0.2) is 16.7 Å². The maximum Gasteiger partial charge on any atom is 0.250 e. The number of rotatable bonds is 5. The van der Waals surface area contributed by atoms with Crippen molar-refractivity contribution in [1.82, 2.24) is 4.57 Å². The van der Waals surface area contributed by atoms with Gasteiger partial charge in [-0.15, -0.1) is 11.8 Å². The minimum Gasteiger partial charge on any atom is -0.325 e. The summed E-state index contributed by atoms with van der Waals surface area (Å²) >= 11 is 4.89. The van der Waals surface area contributed by atoms with Crippen molar-refractivity contribution in [2.24, 2.45) is 0 Å². The molecule has 2 rings (SSSR count). The SMILES string of the molecule is CSc1ccccc1NC(=O)CCn1cc(Br)ccc1=O. The minimum atomic E-state index is -0.115. The number of para-hydroxylation sites is 1. The second-order valence-electron chi connectivity index (χ2n) is 4.38. The molecule has 1 aromatic carbocycles. The number of carbonyl (C=O) groups is 1. The lowest BCUT2D eigenvalue weighted by Gasteiger charge is -2.10. The third kappa shape index (κ3) is 4.47. The van der Waals surface area contributed by atoms with Crippen molar-refractivity contribution < 1.29 is 4.79 Å². The molecule has 2 aromatic rings. The second-order valence-corrected chi connectivity index (χ2v) is 6.14. The van der Waals surface area contributed by atoms with E-state index in [-0.39, 0.29) is 17.9 Å². The van der Waals surface area contributed by atoms with E-state index in [4.69, 9.17) is 0 Å². The molecule has 0 fully saturated rings. The normalized spacial score (nSPS) is 10.4. The van der Waals surface area contributed by atoms with Gasteiger partial charge in [-0.1, -0.05) is 12.1 Å². The van der Waals surface area contributed by atoms with Crippen LogP contribution in [0.15, 0.2) is 56.8 Å². The van der Waals surface area contributed by atoms with E-state index in [0.29, 0.717) is 6.54 Å². The predicted octanol–water partition coefficient (Wildman–Crippen LogP) is 3.36. The number of amides is 1. The zero-order valence-corrected chi connectivity index (χ0v) is 13.9. The molecule has 0 radical (unpaired) electrons. The number of thioether (sulfide) groups is 1. The van der Waals surface area contributed by atoms with Crippen molar-refractivity contribution in [3.8, 4) is 0 Å². The number of pyridine rings is 1. The summed E-state index contributed by atoms with van der Waals surface area (Å²) in [6, 6.07) is 10.8. The Morgan fingerprint density at radius 1 is 1.29 bits per heavy atom. The van der Waals surface area contributed by atoms with Gasteiger partial charge in [-0.25, -0.2) is 0 Å². The lowest BCUT2D eigenvalue weighted by Crippen LogP contribution is -2.22. The van der Waals surface area contributed by atoms with Gasteiger partial charge in [-0.2, -0.15) is 0 Å². The van der Waals surface area contributed by atoms with Crippen molar-refractivity contribution in [2.75, 3.05) is 11.6 Å². The fraction of sp³-hybridized carbons (Fsp3) is 0.200. The standard InChI is InChI=1S/C15H15BrN2O2S/c1-21-13-5-3-2-4-12(13)17-14(19)8-9-18-10-11(16)6-7-15(18)20/h2-7,10H,8-9H2,1H3,(H,17,19). The Bertz CT molecular complexity index is 700. The number of hydrogen-bond acceptors (Lipinski definition) is 3. The Hall–Kier alpha value is -1.53. The summed E-state index contributed by atoms with van der Waals surface area (Å²) in [5, 5.41) is 2.88. The van der Waals surface area contributed by atoms with Gasteiger partial charge in [0.2, 0.25) is 5.91 Å². The Morgan fingerprint density at radius 3 is 2.81 bits per heavy atom. The molecule has 0 aliphatic rings. The number of hydrogen-bond donors (Lipinski definition) is 1. The van der Waals surface area contributed by atoms with Crippen LogP contribution in [0.5, 0.6) is 0 Å². The van der Waals surface area contributed by atoms with E-state index in [1.165, 1.54) is 10.6 Å². The molecule has 1 heterocycles. The van der Waals surface area contributed by atoms with E-state index >= 15 is 0 Å². The average Bonchev–Trinajstić information content (AvgIpc) is 2.49. The first-order chi connectivity index (χ1) is 10.1. The van der Waals surface area contributed by atoms with Crippen LogP contribution in [0.3, 0.4) is 0 Å². The highest BCUT2D eigenvalue weighted by Gasteiger charge is 2.07. The first kappa shape index (κ1) is 15.9. The van der Waals surface area contributed by atoms with Crippen LogP contribution in [0.4, 0.5) is 5.69 Å². The summed E-state index contributed by atoms with van der Waals surface area (Å²) in [5.74, 6) is -0.108. The van der Waals surface area contributed by atoms with E-state index in [1.807, 2.05) is 30.5 Å². The monoisotopic (exact) mass is 366 g/mol. The Morgan fingerprint density at radius 2 is 2.05 bits per heavy atom.